The van der Waals surface area contributed by atoms with Crippen LogP contribution in [0.1, 0.15) is 16.1 Å². The molecule has 0 unspecified atom stereocenters. The number of nitrogens with zero attached hydrogens (tertiary/aromatic N) is 4. The maximum absolute atomic E-state index is 13.6. The largest absolute Gasteiger partial charge is 0.463 e. The molecule has 6 nitrogen and oxygen atoms in total. The lowest BCUT2D eigenvalue weighted by Crippen LogP contribution is -2.49. The minimum atomic E-state index is -0.0872. The molecule has 0 saturated carbocycles. The second-order valence-corrected chi connectivity index (χ2v) is 8.78. The molecule has 0 spiro atoms. The van der Waals surface area contributed by atoms with E-state index in [2.05, 4.69) is 29.1 Å². The maximum Gasteiger partial charge on any atom is 0.272 e. The van der Waals surface area contributed by atoms with E-state index in [-0.39, 0.29) is 5.91 Å². The van der Waals surface area contributed by atoms with Crippen molar-refractivity contribution in [3.8, 4) is 17.1 Å². The number of rotatable bonds is 4. The molecule has 2 aromatic carbocycles. The molecule has 5 rings (SSSR count). The zero-order valence-electron chi connectivity index (χ0n) is 18.0. The number of amides is 1. The molecule has 4 aromatic rings. The lowest BCUT2D eigenvalue weighted by atomic mass is 10.1. The molecule has 0 aliphatic carbocycles. The van der Waals surface area contributed by atoms with Crippen LogP contribution in [0.2, 0.25) is 10.0 Å². The third kappa shape index (κ3) is 4.24. The molecule has 0 atom stereocenters. The first-order valence-electron chi connectivity index (χ1n) is 10.7. The molecule has 0 N–H and O–H groups in total. The number of carbonyl (C=O) groups excluding carboxylic acids is 1. The Morgan fingerprint density at radius 2 is 1.73 bits per heavy atom. The molecule has 1 amide bonds. The zero-order valence-corrected chi connectivity index (χ0v) is 19.6. The van der Waals surface area contributed by atoms with Crippen molar-refractivity contribution in [3.63, 3.8) is 0 Å². The number of anilines is 1. The van der Waals surface area contributed by atoms with E-state index in [0.717, 1.165) is 13.1 Å². The Hall–Kier alpha value is -3.22. The molecule has 33 heavy (non-hydrogen) atoms. The highest BCUT2D eigenvalue weighted by atomic mass is 35.5. The number of hydrogen-bond acceptors (Lipinski definition) is 4. The van der Waals surface area contributed by atoms with Gasteiger partial charge in [0.25, 0.3) is 5.91 Å². The average Bonchev–Trinajstić information content (AvgIpc) is 3.51. The van der Waals surface area contributed by atoms with E-state index in [0.29, 0.717) is 46.0 Å². The van der Waals surface area contributed by atoms with Gasteiger partial charge in [-0.3, -0.25) is 4.79 Å². The number of para-hydroxylation sites is 1. The van der Waals surface area contributed by atoms with Crippen LogP contribution in [0.25, 0.3) is 17.1 Å². The van der Waals surface area contributed by atoms with Gasteiger partial charge in [-0.05, 0) is 48.9 Å². The number of aryl methyl sites for hydroxylation is 1. The van der Waals surface area contributed by atoms with Crippen molar-refractivity contribution in [2.75, 3.05) is 31.1 Å². The van der Waals surface area contributed by atoms with E-state index in [1.165, 1.54) is 11.3 Å². The van der Waals surface area contributed by atoms with Crippen LogP contribution < -0.4 is 4.90 Å². The fourth-order valence-corrected chi connectivity index (χ4v) is 4.41. The number of hydrogen-bond donors (Lipinski definition) is 0. The lowest BCUT2D eigenvalue weighted by Gasteiger charge is -2.36. The van der Waals surface area contributed by atoms with Gasteiger partial charge >= 0.3 is 0 Å². The Bertz CT molecular complexity index is 1290. The number of piperazine rings is 1. The van der Waals surface area contributed by atoms with Gasteiger partial charge in [-0.15, -0.1) is 0 Å². The Morgan fingerprint density at radius 1 is 0.939 bits per heavy atom. The molecule has 1 aliphatic rings. The van der Waals surface area contributed by atoms with Gasteiger partial charge in [-0.25, -0.2) is 4.68 Å². The molecule has 168 valence electrons. The van der Waals surface area contributed by atoms with Crippen molar-refractivity contribution in [2.45, 2.75) is 6.92 Å². The molecule has 8 heteroatoms. The Kier molecular flexibility index (Phi) is 5.87. The van der Waals surface area contributed by atoms with Crippen molar-refractivity contribution in [3.05, 3.63) is 88.2 Å². The summed E-state index contributed by atoms with van der Waals surface area (Å²) < 4.78 is 7.12. The Morgan fingerprint density at radius 3 is 2.42 bits per heavy atom. The number of halogens is 2. The fourth-order valence-electron chi connectivity index (χ4n) is 4.12. The molecule has 0 radical (unpaired) electrons. The summed E-state index contributed by atoms with van der Waals surface area (Å²) in [5.41, 5.74) is 4.13. The van der Waals surface area contributed by atoms with Crippen molar-refractivity contribution < 1.29 is 9.21 Å². The summed E-state index contributed by atoms with van der Waals surface area (Å²) in [6, 6.07) is 18.9. The van der Waals surface area contributed by atoms with E-state index in [9.17, 15) is 4.79 Å². The van der Waals surface area contributed by atoms with E-state index in [4.69, 9.17) is 27.6 Å². The van der Waals surface area contributed by atoms with Crippen LogP contribution in [0, 0.1) is 6.92 Å². The highest BCUT2D eigenvalue weighted by Crippen LogP contribution is 2.28. The predicted molar refractivity (Wildman–Crippen MR) is 131 cm³/mol. The second-order valence-electron chi connectivity index (χ2n) is 7.97. The first-order valence-corrected chi connectivity index (χ1v) is 11.5. The van der Waals surface area contributed by atoms with E-state index >= 15 is 0 Å². The SMILES string of the molecule is Cc1ccccc1N1CCN(C(=O)c2cc(-c3ccco3)nn2-c2ccc(Cl)c(Cl)c2)CC1. The van der Waals surface area contributed by atoms with E-state index < -0.39 is 0 Å². The van der Waals surface area contributed by atoms with Crippen LogP contribution in [0.15, 0.2) is 71.3 Å². The third-order valence-electron chi connectivity index (χ3n) is 5.87. The summed E-state index contributed by atoms with van der Waals surface area (Å²) >= 11 is 12.3. The van der Waals surface area contributed by atoms with Crippen molar-refractivity contribution in [1.82, 2.24) is 14.7 Å². The zero-order chi connectivity index (χ0) is 22.9. The van der Waals surface area contributed by atoms with E-state index in [1.807, 2.05) is 23.1 Å². The van der Waals surface area contributed by atoms with Crippen molar-refractivity contribution in [1.29, 1.82) is 0 Å². The van der Waals surface area contributed by atoms with Crippen LogP contribution in [0.5, 0.6) is 0 Å². The van der Waals surface area contributed by atoms with Gasteiger partial charge in [0.1, 0.15) is 11.4 Å². The van der Waals surface area contributed by atoms with Crippen LogP contribution in [0.4, 0.5) is 5.69 Å². The average molecular weight is 481 g/mol. The monoisotopic (exact) mass is 480 g/mol. The molecular weight excluding hydrogens is 459 g/mol. The Labute approximate surface area is 201 Å². The standard InChI is InChI=1S/C25H22Cl2N4O2/c1-17-5-2-3-6-22(17)29-10-12-30(13-11-29)25(32)23-16-21(24-7-4-14-33-24)28-31(23)18-8-9-19(26)20(27)15-18/h2-9,14-16H,10-13H2,1H3. The van der Waals surface area contributed by atoms with Crippen molar-refractivity contribution >= 4 is 34.8 Å². The molecule has 1 fully saturated rings. The number of furan rings is 1. The van der Waals surface area contributed by atoms with Gasteiger partial charge in [0, 0.05) is 37.9 Å². The van der Waals surface area contributed by atoms with Gasteiger partial charge in [-0.2, -0.15) is 5.10 Å². The van der Waals surface area contributed by atoms with Gasteiger partial charge < -0.3 is 14.2 Å². The van der Waals surface area contributed by atoms with Crippen molar-refractivity contribution in [2.24, 2.45) is 0 Å². The smallest absolute Gasteiger partial charge is 0.272 e. The minimum absolute atomic E-state index is 0.0872. The minimum Gasteiger partial charge on any atom is -0.463 e. The normalized spacial score (nSPS) is 14.0. The fraction of sp³-hybridized carbons (Fsp3) is 0.200. The third-order valence-corrected chi connectivity index (χ3v) is 6.61. The van der Waals surface area contributed by atoms with Crippen LogP contribution in [-0.4, -0.2) is 46.8 Å². The van der Waals surface area contributed by atoms with E-state index in [1.54, 1.807) is 41.3 Å². The predicted octanol–water partition coefficient (Wildman–Crippen LogP) is 5.71. The summed E-state index contributed by atoms with van der Waals surface area (Å²) in [7, 11) is 0. The molecular formula is C25H22Cl2N4O2. The lowest BCUT2D eigenvalue weighted by molar-refractivity contribution is 0.0737. The second kappa shape index (κ2) is 8.96. The number of aromatic nitrogens is 2. The molecule has 2 aromatic heterocycles. The van der Waals surface area contributed by atoms with Gasteiger partial charge in [0.05, 0.1) is 22.0 Å². The quantitative estimate of drug-likeness (QED) is 0.375. The summed E-state index contributed by atoms with van der Waals surface area (Å²) in [5, 5.41) is 5.49. The summed E-state index contributed by atoms with van der Waals surface area (Å²) in [5.74, 6) is 0.503. The first-order chi connectivity index (χ1) is 16.0. The molecule has 1 saturated heterocycles. The van der Waals surface area contributed by atoms with Gasteiger partial charge in [0.2, 0.25) is 0 Å². The van der Waals surface area contributed by atoms with Crippen LogP contribution in [-0.2, 0) is 0 Å². The maximum atomic E-state index is 13.6. The van der Waals surface area contributed by atoms with Crippen LogP contribution >= 0.6 is 23.2 Å². The highest BCUT2D eigenvalue weighted by Gasteiger charge is 2.27. The highest BCUT2D eigenvalue weighted by molar-refractivity contribution is 6.42. The first kappa shape index (κ1) is 21.6. The number of carbonyl (C=O) groups is 1. The summed E-state index contributed by atoms with van der Waals surface area (Å²) in [4.78, 5) is 17.8. The molecule has 0 bridgehead atoms. The topological polar surface area (TPSA) is 54.5 Å². The van der Waals surface area contributed by atoms with Gasteiger partial charge in [0.15, 0.2) is 5.76 Å². The molecule has 1 aliphatic heterocycles. The summed E-state index contributed by atoms with van der Waals surface area (Å²) in [6.07, 6.45) is 1.58. The molecule has 3 heterocycles. The summed E-state index contributed by atoms with van der Waals surface area (Å²) in [6.45, 7) is 4.88. The Balaban J connectivity index is 1.44. The van der Waals surface area contributed by atoms with Gasteiger partial charge in [-0.1, -0.05) is 41.4 Å². The number of benzene rings is 2. The van der Waals surface area contributed by atoms with Crippen LogP contribution in [0.3, 0.4) is 0 Å².